The maximum absolute atomic E-state index is 13.0. The molecule has 1 aliphatic heterocycles. The molecule has 2 heterocycles. The first-order valence-corrected chi connectivity index (χ1v) is 12.6. The van der Waals surface area contributed by atoms with Crippen molar-refractivity contribution in [3.63, 3.8) is 0 Å². The van der Waals surface area contributed by atoms with Crippen LogP contribution in [0.5, 0.6) is 0 Å². The third-order valence-corrected chi connectivity index (χ3v) is 7.48. The Kier molecular flexibility index (Phi) is 6.85. The van der Waals surface area contributed by atoms with E-state index in [1.54, 1.807) is 37.5 Å². The Morgan fingerprint density at radius 3 is 2.45 bits per heavy atom. The van der Waals surface area contributed by atoms with Gasteiger partial charge < -0.3 is 9.73 Å². The van der Waals surface area contributed by atoms with E-state index in [2.05, 4.69) is 14.9 Å². The van der Waals surface area contributed by atoms with Gasteiger partial charge in [0.05, 0.1) is 17.2 Å². The third kappa shape index (κ3) is 5.46. The predicted octanol–water partition coefficient (Wildman–Crippen LogP) is 4.26. The lowest BCUT2D eigenvalue weighted by molar-refractivity contribution is 0.0933. The predicted molar refractivity (Wildman–Crippen MR) is 128 cm³/mol. The van der Waals surface area contributed by atoms with Crippen LogP contribution in [0.25, 0.3) is 0 Å². The van der Waals surface area contributed by atoms with Crippen LogP contribution in [0.2, 0.25) is 0 Å². The summed E-state index contributed by atoms with van der Waals surface area (Å²) in [5.41, 5.74) is 2.37. The van der Waals surface area contributed by atoms with Crippen molar-refractivity contribution in [1.29, 1.82) is 0 Å². The van der Waals surface area contributed by atoms with Gasteiger partial charge in [-0.1, -0.05) is 23.8 Å². The number of anilines is 1. The third-order valence-electron chi connectivity index (χ3n) is 5.95. The highest BCUT2D eigenvalue weighted by Gasteiger charge is 2.26. The SMILES string of the molecule is Cc1ccc(NS(=O)(=O)c2cc(C(=O)NCC(c3ccco3)N3CCCC3)ccc2C)cc1. The smallest absolute Gasteiger partial charge is 0.262 e. The summed E-state index contributed by atoms with van der Waals surface area (Å²) in [6, 6.07) is 15.5. The number of hydrogen-bond acceptors (Lipinski definition) is 5. The van der Waals surface area contributed by atoms with Gasteiger partial charge in [0.2, 0.25) is 0 Å². The van der Waals surface area contributed by atoms with Crippen LogP contribution in [0, 0.1) is 13.8 Å². The Balaban J connectivity index is 1.50. The van der Waals surface area contributed by atoms with E-state index in [-0.39, 0.29) is 16.8 Å². The first kappa shape index (κ1) is 23.1. The number of sulfonamides is 1. The Labute approximate surface area is 194 Å². The molecule has 0 aliphatic carbocycles. The molecule has 1 unspecified atom stereocenters. The van der Waals surface area contributed by atoms with E-state index >= 15 is 0 Å². The van der Waals surface area contributed by atoms with Gasteiger partial charge in [0.15, 0.2) is 0 Å². The molecule has 4 rings (SSSR count). The van der Waals surface area contributed by atoms with Crippen LogP contribution in [0.4, 0.5) is 5.69 Å². The molecule has 3 aromatic rings. The summed E-state index contributed by atoms with van der Waals surface area (Å²) in [6.07, 6.45) is 3.88. The standard InChI is InChI=1S/C25H29N3O4S/c1-18-7-11-21(12-8-18)27-33(30,31)24-16-20(10-9-19(24)2)25(29)26-17-22(23-6-5-15-32-23)28-13-3-4-14-28/h5-12,15-16,22,27H,3-4,13-14,17H2,1-2H3,(H,26,29). The molecule has 0 bridgehead atoms. The maximum atomic E-state index is 13.0. The van der Waals surface area contributed by atoms with Crippen LogP contribution in [0.1, 0.15) is 46.1 Å². The lowest BCUT2D eigenvalue weighted by Gasteiger charge is -2.26. The van der Waals surface area contributed by atoms with Crippen molar-refractivity contribution in [3.8, 4) is 0 Å². The van der Waals surface area contributed by atoms with E-state index in [0.29, 0.717) is 23.4 Å². The van der Waals surface area contributed by atoms with Gasteiger partial charge in [-0.3, -0.25) is 14.4 Å². The molecule has 1 amide bonds. The van der Waals surface area contributed by atoms with Gasteiger partial charge in [-0.25, -0.2) is 8.42 Å². The van der Waals surface area contributed by atoms with Crippen molar-refractivity contribution in [2.45, 2.75) is 37.6 Å². The lowest BCUT2D eigenvalue weighted by Crippen LogP contribution is -2.36. The minimum Gasteiger partial charge on any atom is -0.468 e. The fourth-order valence-electron chi connectivity index (χ4n) is 4.10. The van der Waals surface area contributed by atoms with Crippen LogP contribution in [0.3, 0.4) is 0 Å². The van der Waals surface area contributed by atoms with Crippen LogP contribution in [-0.2, 0) is 10.0 Å². The van der Waals surface area contributed by atoms with E-state index in [1.807, 2.05) is 31.2 Å². The first-order chi connectivity index (χ1) is 15.8. The van der Waals surface area contributed by atoms with Gasteiger partial charge in [0.1, 0.15) is 5.76 Å². The zero-order valence-corrected chi connectivity index (χ0v) is 19.7. The first-order valence-electron chi connectivity index (χ1n) is 11.1. The van der Waals surface area contributed by atoms with Crippen molar-refractivity contribution in [1.82, 2.24) is 10.2 Å². The summed E-state index contributed by atoms with van der Waals surface area (Å²) < 4.78 is 34.2. The molecule has 1 fully saturated rings. The number of carbonyl (C=O) groups excluding carboxylic acids is 1. The number of amides is 1. The second-order valence-electron chi connectivity index (χ2n) is 8.44. The molecule has 7 nitrogen and oxygen atoms in total. The van der Waals surface area contributed by atoms with Gasteiger partial charge >= 0.3 is 0 Å². The largest absolute Gasteiger partial charge is 0.468 e. The Hall–Kier alpha value is -3.10. The van der Waals surface area contributed by atoms with Crippen molar-refractivity contribution < 1.29 is 17.6 Å². The van der Waals surface area contributed by atoms with Gasteiger partial charge in [-0.2, -0.15) is 0 Å². The van der Waals surface area contributed by atoms with E-state index in [1.165, 1.54) is 6.07 Å². The summed E-state index contributed by atoms with van der Waals surface area (Å²) in [5, 5.41) is 2.96. The van der Waals surface area contributed by atoms with E-state index < -0.39 is 10.0 Å². The number of furan rings is 1. The van der Waals surface area contributed by atoms with Crippen molar-refractivity contribution >= 4 is 21.6 Å². The average molecular weight is 468 g/mol. The number of likely N-dealkylation sites (tertiary alicyclic amines) is 1. The quantitative estimate of drug-likeness (QED) is 0.516. The Morgan fingerprint density at radius 2 is 1.79 bits per heavy atom. The molecule has 8 heteroatoms. The summed E-state index contributed by atoms with van der Waals surface area (Å²) >= 11 is 0. The molecular formula is C25H29N3O4S. The topological polar surface area (TPSA) is 91.6 Å². The number of hydrogen-bond donors (Lipinski definition) is 2. The molecule has 174 valence electrons. The number of aryl methyl sites for hydroxylation is 2. The number of nitrogens with one attached hydrogen (secondary N) is 2. The summed E-state index contributed by atoms with van der Waals surface area (Å²) in [5.74, 6) is 0.490. The molecule has 0 radical (unpaired) electrons. The minimum absolute atomic E-state index is 0.0525. The fourth-order valence-corrected chi connectivity index (χ4v) is 5.43. The van der Waals surface area contributed by atoms with E-state index in [9.17, 15) is 13.2 Å². The molecule has 2 N–H and O–H groups in total. The van der Waals surface area contributed by atoms with Crippen LogP contribution < -0.4 is 10.0 Å². The van der Waals surface area contributed by atoms with Crippen LogP contribution in [-0.4, -0.2) is 38.9 Å². The normalized spacial score (nSPS) is 15.3. The zero-order valence-electron chi connectivity index (χ0n) is 18.9. The molecule has 0 saturated carbocycles. The average Bonchev–Trinajstić information content (AvgIpc) is 3.50. The molecule has 0 spiro atoms. The summed E-state index contributed by atoms with van der Waals surface area (Å²) in [7, 11) is -3.85. The molecule has 2 aromatic carbocycles. The highest BCUT2D eigenvalue weighted by atomic mass is 32.2. The van der Waals surface area contributed by atoms with Crippen molar-refractivity contribution in [2.24, 2.45) is 0 Å². The molecule has 1 aromatic heterocycles. The fraction of sp³-hybridized carbons (Fsp3) is 0.320. The number of carbonyl (C=O) groups is 1. The Bertz CT molecular complexity index is 1200. The van der Waals surface area contributed by atoms with Crippen LogP contribution in [0.15, 0.2) is 70.2 Å². The van der Waals surface area contributed by atoms with Crippen molar-refractivity contribution in [3.05, 3.63) is 83.3 Å². The number of nitrogens with zero attached hydrogens (tertiary/aromatic N) is 1. The van der Waals surface area contributed by atoms with Gasteiger partial charge in [-0.15, -0.1) is 0 Å². The lowest BCUT2D eigenvalue weighted by atomic mass is 10.1. The molecule has 1 atom stereocenters. The monoisotopic (exact) mass is 467 g/mol. The van der Waals surface area contributed by atoms with Crippen LogP contribution >= 0.6 is 0 Å². The van der Waals surface area contributed by atoms with Gasteiger partial charge in [0.25, 0.3) is 15.9 Å². The number of rotatable bonds is 8. The maximum Gasteiger partial charge on any atom is 0.262 e. The zero-order chi connectivity index (χ0) is 23.4. The van der Waals surface area contributed by atoms with E-state index in [4.69, 9.17) is 4.42 Å². The minimum atomic E-state index is -3.85. The second-order valence-corrected chi connectivity index (χ2v) is 10.1. The van der Waals surface area contributed by atoms with Gasteiger partial charge in [0, 0.05) is 17.8 Å². The highest BCUT2D eigenvalue weighted by molar-refractivity contribution is 7.92. The molecule has 1 aliphatic rings. The Morgan fingerprint density at radius 1 is 1.06 bits per heavy atom. The molecular weight excluding hydrogens is 438 g/mol. The molecule has 33 heavy (non-hydrogen) atoms. The summed E-state index contributed by atoms with van der Waals surface area (Å²) in [4.78, 5) is 15.3. The second kappa shape index (κ2) is 9.80. The highest BCUT2D eigenvalue weighted by Crippen LogP contribution is 2.25. The van der Waals surface area contributed by atoms with E-state index in [0.717, 1.165) is 37.3 Å². The molecule has 1 saturated heterocycles. The number of benzene rings is 2. The summed E-state index contributed by atoms with van der Waals surface area (Å²) in [6.45, 7) is 5.94. The van der Waals surface area contributed by atoms with Crippen molar-refractivity contribution in [2.75, 3.05) is 24.4 Å². The van der Waals surface area contributed by atoms with Gasteiger partial charge in [-0.05, 0) is 81.7 Å².